The maximum Gasteiger partial charge on any atom is 0.289 e. The number of nitrogens with one attached hydrogen (secondary N) is 3. The topological polar surface area (TPSA) is 143 Å². The Kier molecular flexibility index (Phi) is 14.9. The zero-order valence-corrected chi connectivity index (χ0v) is 27.1. The highest BCUT2D eigenvalue weighted by Crippen LogP contribution is 2.29. The van der Waals surface area contributed by atoms with Gasteiger partial charge in [-0.1, -0.05) is 43.2 Å². The second-order valence-corrected chi connectivity index (χ2v) is 14.7. The van der Waals surface area contributed by atoms with Gasteiger partial charge in [-0.25, -0.2) is 4.21 Å². The Hall–Kier alpha value is -2.48. The summed E-state index contributed by atoms with van der Waals surface area (Å²) >= 11 is 0. The molecule has 13 heteroatoms. The lowest BCUT2D eigenvalue weighted by molar-refractivity contribution is -0.140. The van der Waals surface area contributed by atoms with Crippen molar-refractivity contribution in [1.82, 2.24) is 20.9 Å². The molecule has 0 spiro atoms. The van der Waals surface area contributed by atoms with Crippen molar-refractivity contribution < 1.29 is 32.9 Å². The average Bonchev–Trinajstić information content (AvgIpc) is 3.42. The predicted octanol–water partition coefficient (Wildman–Crippen LogP) is 1.61. The van der Waals surface area contributed by atoms with Crippen LogP contribution in [-0.2, 0) is 40.2 Å². The first-order valence-corrected chi connectivity index (χ1v) is 17.8. The van der Waals surface area contributed by atoms with Crippen LogP contribution in [0.15, 0.2) is 24.3 Å². The monoisotopic (exact) mass is 638 g/mol. The highest BCUT2D eigenvalue weighted by atomic mass is 33.1. The molecule has 0 saturated carbocycles. The molecule has 43 heavy (non-hydrogen) atoms. The highest BCUT2D eigenvalue weighted by molar-refractivity contribution is 8.69. The van der Waals surface area contributed by atoms with E-state index in [1.165, 1.54) is 10.8 Å². The molecule has 0 aliphatic carbocycles. The zero-order chi connectivity index (χ0) is 31.2. The van der Waals surface area contributed by atoms with Crippen molar-refractivity contribution in [2.45, 2.75) is 69.7 Å². The van der Waals surface area contributed by atoms with E-state index in [2.05, 4.69) is 20.9 Å². The molecule has 2 heterocycles. The Morgan fingerprint density at radius 1 is 1.09 bits per heavy atom. The summed E-state index contributed by atoms with van der Waals surface area (Å²) in [6, 6.07) is 5.07. The van der Waals surface area contributed by atoms with Gasteiger partial charge in [-0.15, -0.1) is 0 Å². The van der Waals surface area contributed by atoms with Crippen LogP contribution in [0.5, 0.6) is 5.75 Å². The fraction of sp³-hybridized carbons (Fsp3) is 0.667. The molecule has 3 N–H and O–H groups in total. The minimum atomic E-state index is -1.12. The highest BCUT2D eigenvalue weighted by Gasteiger charge is 2.32. The van der Waals surface area contributed by atoms with Crippen LogP contribution in [-0.4, -0.2) is 102 Å². The molecular weight excluding hydrogens is 592 g/mol. The first-order chi connectivity index (χ1) is 20.7. The van der Waals surface area contributed by atoms with Gasteiger partial charge in [0.2, 0.25) is 17.6 Å². The molecule has 4 atom stereocenters. The van der Waals surface area contributed by atoms with Gasteiger partial charge in [-0.05, 0) is 42.9 Å². The number of Topliss-reactive ketones (excluding diaryl/α,β-unsaturated/α-hetero) is 1. The molecule has 2 aliphatic heterocycles. The molecule has 2 aliphatic rings. The van der Waals surface area contributed by atoms with E-state index in [0.29, 0.717) is 38.5 Å². The number of amides is 3. The average molecular weight is 639 g/mol. The number of methoxy groups -OCH3 is 1. The summed E-state index contributed by atoms with van der Waals surface area (Å²) in [5.41, 5.74) is 0.743. The molecule has 240 valence electrons. The lowest BCUT2D eigenvalue weighted by Crippen LogP contribution is -2.56. The number of ketones is 1. The number of carbonyl (C=O) groups is 4. The molecule has 1 aromatic carbocycles. The number of rotatable bonds is 17. The second kappa shape index (κ2) is 18.4. The zero-order valence-electron chi connectivity index (χ0n) is 25.4. The number of carbonyl (C=O) groups excluding carboxylic acids is 4. The van der Waals surface area contributed by atoms with E-state index in [-0.39, 0.29) is 29.9 Å². The summed E-state index contributed by atoms with van der Waals surface area (Å²) in [6.45, 7) is 7.33. The third-order valence-corrected chi connectivity index (χ3v) is 11.3. The SMILES string of the molecule is COc1ccc(C[C@H](NC(=O)[C@@H](NC(=O)CCCCC2CCSS2=O)C(C)C)C(=O)C(=O)NCCN2CCOCC2)cc1. The van der Waals surface area contributed by atoms with Gasteiger partial charge in [0.1, 0.15) is 17.8 Å². The van der Waals surface area contributed by atoms with Gasteiger partial charge in [0.25, 0.3) is 5.91 Å². The van der Waals surface area contributed by atoms with Gasteiger partial charge in [-0.2, -0.15) is 0 Å². The van der Waals surface area contributed by atoms with Crippen LogP contribution in [0, 0.1) is 5.92 Å². The van der Waals surface area contributed by atoms with Crippen molar-refractivity contribution in [3.05, 3.63) is 29.8 Å². The van der Waals surface area contributed by atoms with Gasteiger partial charge < -0.3 is 25.4 Å². The van der Waals surface area contributed by atoms with Gasteiger partial charge in [0, 0.05) is 50.0 Å². The lowest BCUT2D eigenvalue weighted by Gasteiger charge is -2.27. The van der Waals surface area contributed by atoms with Crippen LogP contribution in [0.2, 0.25) is 0 Å². The molecule has 2 unspecified atom stereocenters. The minimum Gasteiger partial charge on any atom is -0.497 e. The summed E-state index contributed by atoms with van der Waals surface area (Å²) in [7, 11) is 2.21. The van der Waals surface area contributed by atoms with Crippen LogP contribution >= 0.6 is 10.8 Å². The van der Waals surface area contributed by atoms with E-state index in [9.17, 15) is 23.4 Å². The summed E-state index contributed by atoms with van der Waals surface area (Å²) in [6.07, 6.45) is 3.56. The molecule has 0 aromatic heterocycles. The Labute approximate surface area is 260 Å². The van der Waals surface area contributed by atoms with Gasteiger partial charge in [-0.3, -0.25) is 24.1 Å². The standard InChI is InChI=1S/C30H46N4O7S2/c1-21(2)27(33-26(35)7-5-4-6-24-12-19-42-43(24)39)29(37)32-25(20-22-8-10-23(40-3)11-9-22)28(36)30(38)31-13-14-34-15-17-41-18-16-34/h8-11,21,24-25,27H,4-7,12-20H2,1-3H3,(H,31,38)(H,32,37)(H,33,35)/t24?,25-,27-,43?/m0/s1. The molecule has 0 bridgehead atoms. The first kappa shape index (κ1) is 35.0. The predicted molar refractivity (Wildman–Crippen MR) is 168 cm³/mol. The van der Waals surface area contributed by atoms with Crippen LogP contribution in [0.25, 0.3) is 0 Å². The number of hydrogen-bond acceptors (Lipinski definition) is 9. The number of hydrogen-bond donors (Lipinski definition) is 3. The van der Waals surface area contributed by atoms with E-state index in [1.54, 1.807) is 31.4 Å². The lowest BCUT2D eigenvalue weighted by atomic mass is 9.98. The summed E-state index contributed by atoms with van der Waals surface area (Å²) in [5.74, 6) is -0.970. The molecule has 1 aromatic rings. The van der Waals surface area contributed by atoms with E-state index in [1.807, 2.05) is 13.8 Å². The van der Waals surface area contributed by atoms with Crippen molar-refractivity contribution in [2.75, 3.05) is 52.3 Å². The van der Waals surface area contributed by atoms with Crippen molar-refractivity contribution in [1.29, 1.82) is 0 Å². The number of ether oxygens (including phenoxy) is 2. The number of nitrogens with zero attached hydrogens (tertiary/aromatic N) is 1. The summed E-state index contributed by atoms with van der Waals surface area (Å²) in [5, 5.41) is 8.45. The maximum atomic E-state index is 13.4. The molecular formula is C30H46N4O7S2. The summed E-state index contributed by atoms with van der Waals surface area (Å²) < 4.78 is 22.5. The quantitative estimate of drug-likeness (QED) is 0.132. The first-order valence-electron chi connectivity index (χ1n) is 15.1. The van der Waals surface area contributed by atoms with E-state index in [4.69, 9.17) is 9.47 Å². The second-order valence-electron chi connectivity index (χ2n) is 11.2. The Morgan fingerprint density at radius 2 is 1.81 bits per heavy atom. The van der Waals surface area contributed by atoms with E-state index >= 15 is 0 Å². The van der Waals surface area contributed by atoms with Gasteiger partial charge >= 0.3 is 0 Å². The third kappa shape index (κ3) is 11.8. The molecule has 11 nitrogen and oxygen atoms in total. The van der Waals surface area contributed by atoms with Gasteiger partial charge in [0.15, 0.2) is 0 Å². The Morgan fingerprint density at radius 3 is 2.44 bits per heavy atom. The molecule has 3 amide bonds. The molecule has 0 radical (unpaired) electrons. The largest absolute Gasteiger partial charge is 0.497 e. The van der Waals surface area contributed by atoms with E-state index < -0.39 is 39.5 Å². The smallest absolute Gasteiger partial charge is 0.289 e. The van der Waals surface area contributed by atoms with Crippen LogP contribution in [0.4, 0.5) is 0 Å². The molecule has 3 rings (SSSR count). The van der Waals surface area contributed by atoms with Crippen LogP contribution in [0.1, 0.15) is 51.5 Å². The molecule has 2 saturated heterocycles. The molecule has 2 fully saturated rings. The van der Waals surface area contributed by atoms with Gasteiger partial charge in [0.05, 0.1) is 30.2 Å². The fourth-order valence-electron chi connectivity index (χ4n) is 5.00. The van der Waals surface area contributed by atoms with Crippen LogP contribution in [0.3, 0.4) is 0 Å². The van der Waals surface area contributed by atoms with Crippen molar-refractivity contribution >= 4 is 44.1 Å². The Balaban J connectivity index is 1.58. The third-order valence-electron chi connectivity index (χ3n) is 7.63. The fourth-order valence-corrected chi connectivity index (χ4v) is 8.49. The van der Waals surface area contributed by atoms with E-state index in [0.717, 1.165) is 43.7 Å². The number of benzene rings is 1. The normalized spacial score (nSPS) is 20.3. The number of morpholine rings is 1. The van der Waals surface area contributed by atoms with Crippen LogP contribution < -0.4 is 20.7 Å². The van der Waals surface area contributed by atoms with Crippen molar-refractivity contribution in [3.63, 3.8) is 0 Å². The van der Waals surface area contributed by atoms with Crippen molar-refractivity contribution in [2.24, 2.45) is 5.92 Å². The van der Waals surface area contributed by atoms with Crippen molar-refractivity contribution in [3.8, 4) is 5.75 Å². The Bertz CT molecular complexity index is 1100. The summed E-state index contributed by atoms with van der Waals surface area (Å²) in [4.78, 5) is 54.5. The maximum absolute atomic E-state index is 13.4. The number of unbranched alkanes of at least 4 members (excludes halogenated alkanes) is 1. The minimum absolute atomic E-state index is 0.102.